The summed E-state index contributed by atoms with van der Waals surface area (Å²) in [5, 5.41) is 15.0. The molecule has 0 radical (unpaired) electrons. The van der Waals surface area contributed by atoms with E-state index in [0.29, 0.717) is 0 Å². The average Bonchev–Trinajstić information content (AvgIpc) is 2.03. The predicted molar refractivity (Wildman–Crippen MR) is 52.5 cm³/mol. The molecule has 0 aliphatic heterocycles. The molecule has 2 nitrogen and oxygen atoms in total. The van der Waals surface area contributed by atoms with E-state index >= 15 is 0 Å². The van der Waals surface area contributed by atoms with Crippen molar-refractivity contribution >= 4 is 23.2 Å². The molecule has 0 rings (SSSR count). The van der Waals surface area contributed by atoms with E-state index in [-0.39, 0.29) is 4.49 Å². The minimum absolute atomic E-state index is 0.111. The summed E-state index contributed by atoms with van der Waals surface area (Å²) in [5.74, 6) is 0. The zero-order chi connectivity index (χ0) is 10.4. The van der Waals surface area contributed by atoms with Crippen LogP contribution in [0.15, 0.2) is 36.4 Å². The quantitative estimate of drug-likeness (QED) is 0.567. The molecule has 0 saturated heterocycles. The molecule has 0 unspecified atom stereocenters. The Bertz CT molecular complexity index is 186. The van der Waals surface area contributed by atoms with Gasteiger partial charge in [0, 0.05) is 12.2 Å². The summed E-state index contributed by atoms with van der Waals surface area (Å²) >= 11 is 9.69. The van der Waals surface area contributed by atoms with Gasteiger partial charge in [0.05, 0.1) is 16.6 Å². The van der Waals surface area contributed by atoms with Crippen LogP contribution in [0, 0.1) is 22.7 Å². The molecule has 4 heteroatoms. The standard InChI is InChI=1S/2C3H3N.C2H2Cl2/c2*1-2-3-4;1-2(3)4/h2*2H,1H2;1H2. The van der Waals surface area contributed by atoms with Gasteiger partial charge < -0.3 is 0 Å². The second kappa shape index (κ2) is 22.6. The van der Waals surface area contributed by atoms with Crippen LogP contribution in [0.4, 0.5) is 0 Å². The van der Waals surface area contributed by atoms with Crippen molar-refractivity contribution in [2.24, 2.45) is 0 Å². The highest BCUT2D eigenvalue weighted by Gasteiger charge is 1.60. The monoisotopic (exact) mass is 202 g/mol. The van der Waals surface area contributed by atoms with E-state index in [4.69, 9.17) is 33.7 Å². The Balaban J connectivity index is -0.000000101. The fourth-order valence-corrected chi connectivity index (χ4v) is 0. The van der Waals surface area contributed by atoms with Crippen LogP contribution in [-0.4, -0.2) is 0 Å². The molecular formula is C8H8Cl2N2. The third-order valence-electron chi connectivity index (χ3n) is 0.183. The van der Waals surface area contributed by atoms with Crippen molar-refractivity contribution < 1.29 is 0 Å². The van der Waals surface area contributed by atoms with Crippen LogP contribution in [0.25, 0.3) is 0 Å². The number of allylic oxidation sites excluding steroid dienone is 2. The van der Waals surface area contributed by atoms with Crippen molar-refractivity contribution in [2.45, 2.75) is 0 Å². The zero-order valence-corrected chi connectivity index (χ0v) is 7.94. The molecule has 0 amide bonds. The molecule has 0 saturated carbocycles. The number of nitriles is 2. The molecule has 0 aromatic carbocycles. The van der Waals surface area contributed by atoms with E-state index in [1.165, 1.54) is 12.2 Å². The Kier molecular flexibility index (Phi) is 32.0. The van der Waals surface area contributed by atoms with Gasteiger partial charge in [-0.05, 0) is 0 Å². The highest BCUT2D eigenvalue weighted by atomic mass is 35.5. The van der Waals surface area contributed by atoms with Gasteiger partial charge >= 0.3 is 0 Å². The van der Waals surface area contributed by atoms with Crippen LogP contribution >= 0.6 is 23.2 Å². The van der Waals surface area contributed by atoms with Gasteiger partial charge in [-0.3, -0.25) is 0 Å². The van der Waals surface area contributed by atoms with Gasteiger partial charge in [-0.2, -0.15) is 10.5 Å². The van der Waals surface area contributed by atoms with E-state index in [1.54, 1.807) is 12.1 Å². The van der Waals surface area contributed by atoms with Crippen molar-refractivity contribution in [3.8, 4) is 12.1 Å². The highest BCUT2D eigenvalue weighted by molar-refractivity contribution is 6.55. The number of hydrogen-bond donors (Lipinski definition) is 0. The molecule has 64 valence electrons. The Labute approximate surface area is 82.6 Å². The first-order chi connectivity index (χ1) is 5.56. The molecule has 0 aliphatic carbocycles. The topological polar surface area (TPSA) is 47.6 Å². The molecule has 0 aliphatic rings. The molecule has 0 atom stereocenters. The summed E-state index contributed by atoms with van der Waals surface area (Å²) in [7, 11) is 0. The largest absolute Gasteiger partial charge is 0.193 e. The van der Waals surface area contributed by atoms with Crippen molar-refractivity contribution in [3.05, 3.63) is 36.4 Å². The second-order valence-corrected chi connectivity index (χ2v) is 2.11. The Morgan fingerprint density at radius 3 is 1.17 bits per heavy atom. The summed E-state index contributed by atoms with van der Waals surface area (Å²) in [6.07, 6.45) is 2.36. The molecule has 0 aromatic heterocycles. The summed E-state index contributed by atoms with van der Waals surface area (Å²) < 4.78 is 0.111. The van der Waals surface area contributed by atoms with Gasteiger partial charge in [0.15, 0.2) is 0 Å². The number of halogens is 2. The van der Waals surface area contributed by atoms with Gasteiger partial charge in [0.25, 0.3) is 0 Å². The fourth-order valence-electron chi connectivity index (χ4n) is 0. The molecule has 0 N–H and O–H groups in total. The van der Waals surface area contributed by atoms with Crippen LogP contribution in [0.2, 0.25) is 0 Å². The lowest BCUT2D eigenvalue weighted by atomic mass is 10.8. The summed E-state index contributed by atoms with van der Waals surface area (Å²) in [4.78, 5) is 0. The van der Waals surface area contributed by atoms with Crippen molar-refractivity contribution in [1.29, 1.82) is 10.5 Å². The smallest absolute Gasteiger partial charge is 0.0992 e. The van der Waals surface area contributed by atoms with Crippen LogP contribution < -0.4 is 0 Å². The Hall–Kier alpha value is -1.22. The lowest BCUT2D eigenvalue weighted by Gasteiger charge is -1.57. The van der Waals surface area contributed by atoms with Crippen LogP contribution in [0.1, 0.15) is 0 Å². The van der Waals surface area contributed by atoms with Crippen LogP contribution in [0.3, 0.4) is 0 Å². The SMILES string of the molecule is C=C(Cl)Cl.C=CC#N.C=CC#N. The third-order valence-corrected chi connectivity index (χ3v) is 0.183. The van der Waals surface area contributed by atoms with Gasteiger partial charge in [0.2, 0.25) is 0 Å². The maximum absolute atomic E-state index is 7.51. The van der Waals surface area contributed by atoms with Crippen LogP contribution in [-0.2, 0) is 0 Å². The first-order valence-corrected chi connectivity index (χ1v) is 3.33. The van der Waals surface area contributed by atoms with Gasteiger partial charge in [-0.15, -0.1) is 0 Å². The lowest BCUT2D eigenvalue weighted by molar-refractivity contribution is 1.54. The molecule has 0 heterocycles. The first-order valence-electron chi connectivity index (χ1n) is 2.57. The van der Waals surface area contributed by atoms with Gasteiger partial charge in [-0.25, -0.2) is 0 Å². The number of hydrogen-bond acceptors (Lipinski definition) is 2. The van der Waals surface area contributed by atoms with E-state index < -0.39 is 0 Å². The predicted octanol–water partition coefficient (Wildman–Crippen LogP) is 3.33. The van der Waals surface area contributed by atoms with E-state index in [9.17, 15) is 0 Å². The molecule has 0 aromatic rings. The number of nitrogens with zero attached hydrogens (tertiary/aromatic N) is 2. The average molecular weight is 203 g/mol. The van der Waals surface area contributed by atoms with Crippen molar-refractivity contribution in [1.82, 2.24) is 0 Å². The minimum atomic E-state index is 0.111. The van der Waals surface area contributed by atoms with E-state index in [2.05, 4.69) is 19.7 Å². The Morgan fingerprint density at radius 2 is 1.17 bits per heavy atom. The minimum Gasteiger partial charge on any atom is -0.193 e. The summed E-state index contributed by atoms with van der Waals surface area (Å²) in [5.41, 5.74) is 0. The maximum atomic E-state index is 7.51. The van der Waals surface area contributed by atoms with E-state index in [0.717, 1.165) is 0 Å². The first kappa shape index (κ1) is 17.0. The van der Waals surface area contributed by atoms with E-state index in [1.807, 2.05) is 0 Å². The van der Waals surface area contributed by atoms with Crippen LogP contribution in [0.5, 0.6) is 0 Å². The molecular weight excluding hydrogens is 195 g/mol. The normalized spacial score (nSPS) is 4.67. The highest BCUT2D eigenvalue weighted by Crippen LogP contribution is 1.98. The summed E-state index contributed by atoms with van der Waals surface area (Å²) in [6, 6.07) is 3.39. The van der Waals surface area contributed by atoms with Gasteiger partial charge in [0.1, 0.15) is 0 Å². The second-order valence-electron chi connectivity index (χ2n) is 1.01. The lowest BCUT2D eigenvalue weighted by Crippen LogP contribution is -1.24. The fraction of sp³-hybridized carbons (Fsp3) is 0. The van der Waals surface area contributed by atoms with Crippen molar-refractivity contribution in [2.75, 3.05) is 0 Å². The number of rotatable bonds is 0. The summed E-state index contributed by atoms with van der Waals surface area (Å²) in [6.45, 7) is 9.32. The third kappa shape index (κ3) is 874. The molecule has 12 heavy (non-hydrogen) atoms. The molecule has 0 bridgehead atoms. The van der Waals surface area contributed by atoms with Gasteiger partial charge in [-0.1, -0.05) is 42.9 Å². The van der Waals surface area contributed by atoms with Crippen molar-refractivity contribution in [3.63, 3.8) is 0 Å². The molecule has 0 spiro atoms. The Morgan fingerprint density at radius 1 is 1.08 bits per heavy atom. The molecule has 0 fully saturated rings. The zero-order valence-electron chi connectivity index (χ0n) is 6.43. The maximum Gasteiger partial charge on any atom is 0.0992 e.